The van der Waals surface area contributed by atoms with Gasteiger partial charge in [0.1, 0.15) is 11.5 Å². The molecule has 124 valence electrons. The van der Waals surface area contributed by atoms with Crippen LogP contribution in [-0.2, 0) is 9.59 Å². The third kappa shape index (κ3) is 3.56. The van der Waals surface area contributed by atoms with Gasteiger partial charge in [-0.2, -0.15) is 0 Å². The third-order valence-electron chi connectivity index (χ3n) is 4.36. The Labute approximate surface area is 140 Å². The lowest BCUT2D eigenvalue weighted by Crippen LogP contribution is -2.41. The molecule has 5 heteroatoms. The van der Waals surface area contributed by atoms with Crippen molar-refractivity contribution in [2.24, 2.45) is 5.41 Å². The molecule has 0 aliphatic heterocycles. The maximum Gasteiger partial charge on any atom is 0.310 e. The number of para-hydroxylation sites is 1. The molecular weight excluding hydrogens is 306 g/mol. The molecule has 2 aromatic carbocycles. The molecule has 2 aromatic rings. The molecule has 3 rings (SSSR count). The average molecular weight is 325 g/mol. The summed E-state index contributed by atoms with van der Waals surface area (Å²) in [7, 11) is 0. The van der Waals surface area contributed by atoms with Crippen molar-refractivity contribution in [3.05, 3.63) is 54.6 Å². The normalized spacial score (nSPS) is 15.2. The van der Waals surface area contributed by atoms with Crippen LogP contribution in [0.5, 0.6) is 11.5 Å². The topological polar surface area (TPSA) is 75.6 Å². The quantitative estimate of drug-likeness (QED) is 0.839. The average Bonchev–Trinajstić information content (AvgIpc) is 2.52. The molecule has 1 aliphatic carbocycles. The van der Waals surface area contributed by atoms with E-state index in [0.717, 1.165) is 6.42 Å². The van der Waals surface area contributed by atoms with Gasteiger partial charge >= 0.3 is 5.97 Å². The highest BCUT2D eigenvalue weighted by atomic mass is 16.5. The van der Waals surface area contributed by atoms with Gasteiger partial charge in [-0.25, -0.2) is 0 Å². The van der Waals surface area contributed by atoms with Gasteiger partial charge in [-0.1, -0.05) is 30.7 Å². The van der Waals surface area contributed by atoms with Crippen molar-refractivity contribution in [1.29, 1.82) is 0 Å². The molecule has 1 saturated carbocycles. The monoisotopic (exact) mass is 325 g/mol. The number of carbonyl (C=O) groups is 2. The lowest BCUT2D eigenvalue weighted by molar-refractivity contribution is -0.157. The van der Waals surface area contributed by atoms with E-state index in [-0.39, 0.29) is 12.3 Å². The number of benzene rings is 2. The summed E-state index contributed by atoms with van der Waals surface area (Å²) in [6.07, 6.45) is 1.99. The van der Waals surface area contributed by atoms with Crippen LogP contribution in [0.2, 0.25) is 0 Å². The Morgan fingerprint density at radius 1 is 1.04 bits per heavy atom. The second-order valence-corrected chi connectivity index (χ2v) is 6.11. The second-order valence-electron chi connectivity index (χ2n) is 6.11. The fourth-order valence-electron chi connectivity index (χ4n) is 2.84. The Morgan fingerprint density at radius 2 is 1.75 bits per heavy atom. The van der Waals surface area contributed by atoms with E-state index in [1.807, 2.05) is 30.3 Å². The van der Waals surface area contributed by atoms with E-state index in [4.69, 9.17) is 4.74 Å². The Kier molecular flexibility index (Phi) is 4.51. The number of carboxylic acid groups (broad SMARTS) is 1. The zero-order chi connectivity index (χ0) is 17.0. The van der Waals surface area contributed by atoms with E-state index in [9.17, 15) is 14.7 Å². The van der Waals surface area contributed by atoms with Gasteiger partial charge < -0.3 is 15.2 Å². The van der Waals surface area contributed by atoms with Crippen molar-refractivity contribution in [3.8, 4) is 11.5 Å². The molecule has 5 nitrogen and oxygen atoms in total. The molecule has 0 spiro atoms. The molecule has 0 radical (unpaired) electrons. The number of nitrogens with one attached hydrogen (secondary N) is 1. The zero-order valence-electron chi connectivity index (χ0n) is 13.2. The first kappa shape index (κ1) is 16.1. The minimum absolute atomic E-state index is 0.00605. The molecule has 0 unspecified atom stereocenters. The summed E-state index contributed by atoms with van der Waals surface area (Å²) in [5.41, 5.74) is -0.296. The van der Waals surface area contributed by atoms with E-state index in [1.165, 1.54) is 0 Å². The summed E-state index contributed by atoms with van der Waals surface area (Å²) < 4.78 is 5.73. The van der Waals surface area contributed by atoms with Crippen LogP contribution in [0.25, 0.3) is 0 Å². The van der Waals surface area contributed by atoms with Gasteiger partial charge in [0.15, 0.2) is 0 Å². The number of amides is 1. The second kappa shape index (κ2) is 6.74. The van der Waals surface area contributed by atoms with Crippen LogP contribution in [0.15, 0.2) is 54.6 Å². The minimum atomic E-state index is -0.887. The summed E-state index contributed by atoms with van der Waals surface area (Å²) in [6.45, 7) is 0. The molecule has 0 heterocycles. The maximum atomic E-state index is 12.2. The molecule has 1 aliphatic rings. The van der Waals surface area contributed by atoms with E-state index in [0.29, 0.717) is 30.0 Å². The van der Waals surface area contributed by atoms with Crippen LogP contribution in [0, 0.1) is 5.41 Å². The highest BCUT2D eigenvalue weighted by Crippen LogP contribution is 2.44. The fraction of sp³-hybridized carbons (Fsp3) is 0.263. The van der Waals surface area contributed by atoms with Crippen molar-refractivity contribution in [2.45, 2.75) is 25.7 Å². The van der Waals surface area contributed by atoms with E-state index in [2.05, 4.69) is 5.32 Å². The van der Waals surface area contributed by atoms with Gasteiger partial charge in [0.05, 0.1) is 5.41 Å². The molecule has 1 amide bonds. The van der Waals surface area contributed by atoms with Gasteiger partial charge in [-0.05, 0) is 37.1 Å². The van der Waals surface area contributed by atoms with E-state index < -0.39 is 11.4 Å². The summed E-state index contributed by atoms with van der Waals surface area (Å²) in [5.74, 6) is 0.148. The number of hydrogen-bond donors (Lipinski definition) is 2. The van der Waals surface area contributed by atoms with Gasteiger partial charge in [0.2, 0.25) is 5.91 Å². The van der Waals surface area contributed by atoms with Crippen LogP contribution in [0.3, 0.4) is 0 Å². The lowest BCUT2D eigenvalue weighted by atomic mass is 9.66. The van der Waals surface area contributed by atoms with E-state index in [1.54, 1.807) is 24.3 Å². The van der Waals surface area contributed by atoms with Crippen molar-refractivity contribution >= 4 is 17.6 Å². The molecule has 0 aromatic heterocycles. The summed E-state index contributed by atoms with van der Waals surface area (Å²) in [4.78, 5) is 23.5. The van der Waals surface area contributed by atoms with Gasteiger partial charge in [-0.3, -0.25) is 9.59 Å². The largest absolute Gasteiger partial charge is 0.481 e. The van der Waals surface area contributed by atoms with Crippen molar-refractivity contribution in [2.75, 3.05) is 5.32 Å². The number of ether oxygens (including phenoxy) is 1. The Morgan fingerprint density at radius 3 is 2.38 bits per heavy atom. The van der Waals surface area contributed by atoms with Crippen LogP contribution in [0.4, 0.5) is 5.69 Å². The molecule has 24 heavy (non-hydrogen) atoms. The smallest absolute Gasteiger partial charge is 0.310 e. The number of aliphatic carboxylic acids is 1. The number of anilines is 1. The van der Waals surface area contributed by atoms with Crippen LogP contribution in [0.1, 0.15) is 25.7 Å². The van der Waals surface area contributed by atoms with Gasteiger partial charge in [-0.15, -0.1) is 0 Å². The highest BCUT2D eigenvalue weighted by Gasteiger charge is 2.45. The van der Waals surface area contributed by atoms with Crippen molar-refractivity contribution < 1.29 is 19.4 Å². The Hall–Kier alpha value is -2.82. The van der Waals surface area contributed by atoms with E-state index >= 15 is 0 Å². The molecule has 0 bridgehead atoms. The number of rotatable bonds is 6. The van der Waals surface area contributed by atoms with Crippen LogP contribution < -0.4 is 10.1 Å². The lowest BCUT2D eigenvalue weighted by Gasteiger charge is -2.36. The van der Waals surface area contributed by atoms with Crippen LogP contribution >= 0.6 is 0 Å². The third-order valence-corrected chi connectivity index (χ3v) is 4.36. The summed E-state index contributed by atoms with van der Waals surface area (Å²) in [6, 6.07) is 16.4. The fourth-order valence-corrected chi connectivity index (χ4v) is 2.84. The number of carboxylic acids is 1. The predicted molar refractivity (Wildman–Crippen MR) is 90.1 cm³/mol. The predicted octanol–water partition coefficient (Wildman–Crippen LogP) is 4.06. The van der Waals surface area contributed by atoms with Crippen molar-refractivity contribution in [1.82, 2.24) is 0 Å². The number of hydrogen-bond acceptors (Lipinski definition) is 3. The molecule has 2 N–H and O–H groups in total. The highest BCUT2D eigenvalue weighted by molar-refractivity contribution is 5.94. The minimum Gasteiger partial charge on any atom is -0.481 e. The molecule has 0 saturated heterocycles. The summed E-state index contributed by atoms with van der Waals surface area (Å²) in [5, 5.41) is 12.1. The standard InChI is InChI=1S/C19H19NO4/c21-17(13-19(18(22)23)10-5-11-19)20-14-6-4-9-16(12-14)24-15-7-2-1-3-8-15/h1-4,6-9,12H,5,10-11,13H2,(H,20,21)(H,22,23). The van der Waals surface area contributed by atoms with Gasteiger partial charge in [0, 0.05) is 18.2 Å². The number of carbonyl (C=O) groups excluding carboxylic acids is 1. The Bertz CT molecular complexity index is 738. The first-order chi connectivity index (χ1) is 11.6. The first-order valence-electron chi connectivity index (χ1n) is 7.94. The SMILES string of the molecule is O=C(CC1(C(=O)O)CCC1)Nc1cccc(Oc2ccccc2)c1. The molecular formula is C19H19NO4. The molecule has 1 fully saturated rings. The Balaban J connectivity index is 1.64. The van der Waals surface area contributed by atoms with Crippen LogP contribution in [-0.4, -0.2) is 17.0 Å². The zero-order valence-corrected chi connectivity index (χ0v) is 13.2. The summed E-state index contributed by atoms with van der Waals surface area (Å²) >= 11 is 0. The van der Waals surface area contributed by atoms with Crippen molar-refractivity contribution in [3.63, 3.8) is 0 Å². The maximum absolute atomic E-state index is 12.2. The molecule has 0 atom stereocenters. The first-order valence-corrected chi connectivity index (χ1v) is 7.94. The van der Waals surface area contributed by atoms with Gasteiger partial charge in [0.25, 0.3) is 0 Å².